The quantitative estimate of drug-likeness (QED) is 0.0727. The van der Waals surface area contributed by atoms with E-state index in [1.54, 1.807) is 0 Å². The van der Waals surface area contributed by atoms with E-state index in [9.17, 15) is 5.11 Å². The van der Waals surface area contributed by atoms with E-state index >= 15 is 0 Å². The van der Waals surface area contributed by atoms with Crippen LogP contribution in [0, 0.1) is 0 Å². The molecule has 0 rings (SSSR count). The molecule has 1 heteroatoms. The normalized spacial score (nSPS) is 12.4. The van der Waals surface area contributed by atoms with Crippen LogP contribution in [0.15, 0.2) is 0 Å². The van der Waals surface area contributed by atoms with Crippen molar-refractivity contribution in [2.75, 3.05) is 0 Å². The fourth-order valence-corrected chi connectivity index (χ4v) is 6.53. The highest BCUT2D eigenvalue weighted by molar-refractivity contribution is 4.58. The Kier molecular flexibility index (Phi) is 37.9. The van der Waals surface area contributed by atoms with Gasteiger partial charge in [-0.25, -0.2) is 0 Å². The molecule has 0 amide bonds. The molecule has 0 bridgehead atoms. The van der Waals surface area contributed by atoms with Crippen LogP contribution in [-0.2, 0) is 0 Å². The molecule has 0 saturated carbocycles. The monoisotopic (exact) mass is 579 g/mol. The molecule has 0 heterocycles. The first kappa shape index (κ1) is 41.0. The first-order chi connectivity index (χ1) is 20.3. The van der Waals surface area contributed by atoms with Crippen molar-refractivity contribution in [2.24, 2.45) is 0 Å². The summed E-state index contributed by atoms with van der Waals surface area (Å²) in [6.07, 6.45) is 52.0. The van der Waals surface area contributed by atoms with Gasteiger partial charge in [0.15, 0.2) is 0 Å². The van der Waals surface area contributed by atoms with Crippen molar-refractivity contribution in [3.05, 3.63) is 0 Å². The van der Waals surface area contributed by atoms with E-state index in [-0.39, 0.29) is 6.10 Å². The van der Waals surface area contributed by atoms with Gasteiger partial charge >= 0.3 is 0 Å². The molecule has 248 valence electrons. The first-order valence-corrected chi connectivity index (χ1v) is 20.0. The van der Waals surface area contributed by atoms with E-state index in [4.69, 9.17) is 0 Å². The maximum Gasteiger partial charge on any atom is 0.0540 e. The van der Waals surface area contributed by atoms with Crippen LogP contribution >= 0.6 is 0 Å². The van der Waals surface area contributed by atoms with E-state index in [1.807, 2.05) is 0 Å². The summed E-state index contributed by atoms with van der Waals surface area (Å²) in [5, 5.41) is 10.3. The Balaban J connectivity index is 3.12. The topological polar surface area (TPSA) is 20.2 Å². The van der Waals surface area contributed by atoms with Gasteiger partial charge in [0.2, 0.25) is 0 Å². The molecule has 0 unspecified atom stereocenters. The Bertz CT molecular complexity index is 433. The minimum absolute atomic E-state index is 0.0342. The van der Waals surface area contributed by atoms with Gasteiger partial charge in [-0.3, -0.25) is 0 Å². The van der Waals surface area contributed by atoms with E-state index < -0.39 is 0 Å². The minimum atomic E-state index is -0.0342. The predicted octanol–water partition coefficient (Wildman–Crippen LogP) is 14.8. The van der Waals surface area contributed by atoms with Gasteiger partial charge in [0.1, 0.15) is 0 Å². The lowest BCUT2D eigenvalue weighted by atomic mass is 10.0. The van der Waals surface area contributed by atoms with Crippen molar-refractivity contribution < 1.29 is 5.11 Å². The zero-order valence-corrected chi connectivity index (χ0v) is 29.2. The summed E-state index contributed by atoms with van der Waals surface area (Å²) in [7, 11) is 0. The lowest BCUT2D eigenvalue weighted by molar-refractivity contribution is 0.147. The number of rotatable bonds is 37. The molecule has 0 aliphatic rings. The van der Waals surface area contributed by atoms with Gasteiger partial charge in [-0.2, -0.15) is 0 Å². The van der Waals surface area contributed by atoms with Gasteiger partial charge in [0.25, 0.3) is 0 Å². The molecule has 1 atom stereocenters. The van der Waals surface area contributed by atoms with Gasteiger partial charge in [-0.05, 0) is 12.8 Å². The third kappa shape index (κ3) is 37.9. The van der Waals surface area contributed by atoms with Gasteiger partial charge in [0.05, 0.1) is 6.10 Å². The van der Waals surface area contributed by atoms with Gasteiger partial charge in [0, 0.05) is 0 Å². The van der Waals surface area contributed by atoms with Crippen molar-refractivity contribution in [2.45, 2.75) is 258 Å². The van der Waals surface area contributed by atoms with Crippen molar-refractivity contribution >= 4 is 0 Å². The third-order valence-electron chi connectivity index (χ3n) is 9.53. The SMILES string of the molecule is CCCCCCCCCCCCCCCCCCCCCCCCC[C@H](O)CCCCCCCCCCCCCC. The maximum atomic E-state index is 10.3. The second-order valence-corrected chi connectivity index (χ2v) is 13.9. The molecule has 1 N–H and O–H groups in total. The molecular weight excluding hydrogens is 496 g/mol. The van der Waals surface area contributed by atoms with Crippen LogP contribution < -0.4 is 0 Å². The Morgan fingerprint density at radius 2 is 0.390 bits per heavy atom. The highest BCUT2D eigenvalue weighted by atomic mass is 16.3. The molecule has 0 saturated heterocycles. The average Bonchev–Trinajstić information content (AvgIpc) is 2.98. The molecular formula is C40H82O. The summed E-state index contributed by atoms with van der Waals surface area (Å²) in [5.41, 5.74) is 0. The lowest BCUT2D eigenvalue weighted by Crippen LogP contribution is -2.05. The Morgan fingerprint density at radius 3 is 0.561 bits per heavy atom. The Morgan fingerprint density at radius 1 is 0.244 bits per heavy atom. The largest absolute Gasteiger partial charge is 0.393 e. The van der Waals surface area contributed by atoms with Crippen LogP contribution in [0.4, 0.5) is 0 Å². The van der Waals surface area contributed by atoms with E-state index in [2.05, 4.69) is 13.8 Å². The number of hydrogen-bond donors (Lipinski definition) is 1. The standard InChI is InChI=1S/C40H82O/c1-3-5-7-9-11-13-15-17-18-19-20-21-22-23-24-25-26-27-29-31-33-35-37-39-40(41)38-36-34-32-30-28-16-14-12-10-8-6-4-2/h40-41H,3-39H2,1-2H3/t40-/m1/s1. The molecule has 0 aliphatic heterocycles. The molecule has 0 fully saturated rings. The van der Waals surface area contributed by atoms with Crippen molar-refractivity contribution in [3.8, 4) is 0 Å². The molecule has 0 aliphatic carbocycles. The van der Waals surface area contributed by atoms with Gasteiger partial charge < -0.3 is 5.11 Å². The number of hydrogen-bond acceptors (Lipinski definition) is 1. The lowest BCUT2D eigenvalue weighted by Gasteiger charge is -2.10. The number of aliphatic hydroxyl groups is 1. The molecule has 41 heavy (non-hydrogen) atoms. The summed E-state index contributed by atoms with van der Waals surface area (Å²) in [6.45, 7) is 4.60. The van der Waals surface area contributed by atoms with Crippen molar-refractivity contribution in [1.82, 2.24) is 0 Å². The fourth-order valence-electron chi connectivity index (χ4n) is 6.53. The minimum Gasteiger partial charge on any atom is -0.393 e. The highest BCUT2D eigenvalue weighted by Crippen LogP contribution is 2.17. The van der Waals surface area contributed by atoms with Crippen LogP contribution in [-0.4, -0.2) is 11.2 Å². The van der Waals surface area contributed by atoms with Crippen molar-refractivity contribution in [1.29, 1.82) is 0 Å². The van der Waals surface area contributed by atoms with Gasteiger partial charge in [-0.15, -0.1) is 0 Å². The van der Waals surface area contributed by atoms with Crippen LogP contribution in [0.5, 0.6) is 0 Å². The fraction of sp³-hybridized carbons (Fsp3) is 1.00. The van der Waals surface area contributed by atoms with Gasteiger partial charge in [-0.1, -0.05) is 239 Å². The van der Waals surface area contributed by atoms with E-state index in [1.165, 1.54) is 225 Å². The summed E-state index contributed by atoms with van der Waals surface area (Å²) in [5.74, 6) is 0. The summed E-state index contributed by atoms with van der Waals surface area (Å²) in [6, 6.07) is 0. The maximum absolute atomic E-state index is 10.3. The molecule has 1 nitrogen and oxygen atoms in total. The van der Waals surface area contributed by atoms with Crippen LogP contribution in [0.2, 0.25) is 0 Å². The second-order valence-electron chi connectivity index (χ2n) is 13.9. The van der Waals surface area contributed by atoms with Crippen LogP contribution in [0.25, 0.3) is 0 Å². The third-order valence-corrected chi connectivity index (χ3v) is 9.53. The molecule has 0 radical (unpaired) electrons. The average molecular weight is 579 g/mol. The van der Waals surface area contributed by atoms with E-state index in [0.717, 1.165) is 12.8 Å². The first-order valence-electron chi connectivity index (χ1n) is 20.0. The van der Waals surface area contributed by atoms with Crippen LogP contribution in [0.3, 0.4) is 0 Å². The number of aliphatic hydroxyl groups excluding tert-OH is 1. The second kappa shape index (κ2) is 38.0. The van der Waals surface area contributed by atoms with Crippen molar-refractivity contribution in [3.63, 3.8) is 0 Å². The molecule has 0 aromatic carbocycles. The highest BCUT2D eigenvalue weighted by Gasteiger charge is 2.04. The predicted molar refractivity (Wildman–Crippen MR) is 188 cm³/mol. The Hall–Kier alpha value is -0.0400. The Labute approximate surface area is 262 Å². The zero-order chi connectivity index (χ0) is 29.7. The summed E-state index contributed by atoms with van der Waals surface area (Å²) < 4.78 is 0. The molecule has 0 aromatic rings. The molecule has 0 spiro atoms. The summed E-state index contributed by atoms with van der Waals surface area (Å²) in [4.78, 5) is 0. The number of unbranched alkanes of at least 4 members (excludes halogenated alkanes) is 33. The summed E-state index contributed by atoms with van der Waals surface area (Å²) >= 11 is 0. The smallest absolute Gasteiger partial charge is 0.0540 e. The van der Waals surface area contributed by atoms with Crippen LogP contribution in [0.1, 0.15) is 251 Å². The zero-order valence-electron chi connectivity index (χ0n) is 29.2. The van der Waals surface area contributed by atoms with E-state index in [0.29, 0.717) is 0 Å². The molecule has 0 aromatic heterocycles.